The van der Waals surface area contributed by atoms with Gasteiger partial charge < -0.3 is 9.84 Å². The first-order valence-electron chi connectivity index (χ1n) is 8.23. The summed E-state index contributed by atoms with van der Waals surface area (Å²) in [5, 5.41) is 9.88. The second-order valence-corrected chi connectivity index (χ2v) is 7.28. The smallest absolute Gasteiger partial charge is 0.258 e. The molecule has 0 spiro atoms. The highest BCUT2D eigenvalue weighted by atomic mass is 32.1. The third kappa shape index (κ3) is 2.60. The normalized spacial score (nSPS) is 13.9. The second-order valence-electron chi connectivity index (χ2n) is 6.31. The van der Waals surface area contributed by atoms with Gasteiger partial charge >= 0.3 is 0 Å². The van der Waals surface area contributed by atoms with Crippen LogP contribution in [0.1, 0.15) is 50.6 Å². The predicted molar refractivity (Wildman–Crippen MR) is 93.4 cm³/mol. The van der Waals surface area contributed by atoms with Crippen molar-refractivity contribution in [2.75, 3.05) is 0 Å². The Morgan fingerprint density at radius 3 is 3.04 bits per heavy atom. The molecule has 0 radical (unpaired) electrons. The molecule has 24 heavy (non-hydrogen) atoms. The number of fused-ring (bicyclic) bond motifs is 2. The average Bonchev–Trinajstić information content (AvgIpc) is 3.16. The molecule has 5 nitrogen and oxygen atoms in total. The number of aryl methyl sites for hydroxylation is 3. The summed E-state index contributed by atoms with van der Waals surface area (Å²) < 4.78 is 5.21. The van der Waals surface area contributed by atoms with Crippen molar-refractivity contribution in [2.45, 2.75) is 46.1 Å². The van der Waals surface area contributed by atoms with Crippen molar-refractivity contribution < 1.29 is 9.32 Å². The van der Waals surface area contributed by atoms with Crippen LogP contribution < -0.4 is 5.32 Å². The molecule has 0 atom stereocenters. The van der Waals surface area contributed by atoms with Gasteiger partial charge in [-0.3, -0.25) is 4.79 Å². The van der Waals surface area contributed by atoms with Crippen molar-refractivity contribution in [1.82, 2.24) is 15.5 Å². The van der Waals surface area contributed by atoms with E-state index in [0.29, 0.717) is 28.9 Å². The topological polar surface area (TPSA) is 68.0 Å². The number of carbonyl (C=O) groups is 1. The number of pyridine rings is 1. The van der Waals surface area contributed by atoms with Gasteiger partial charge in [0.2, 0.25) is 0 Å². The number of nitrogens with one attached hydrogen (secondary N) is 1. The zero-order valence-electron chi connectivity index (χ0n) is 13.8. The first kappa shape index (κ1) is 15.3. The lowest BCUT2D eigenvalue weighted by Crippen LogP contribution is -2.24. The molecule has 6 heteroatoms. The lowest BCUT2D eigenvalue weighted by atomic mass is 9.96. The van der Waals surface area contributed by atoms with Crippen LogP contribution in [0.25, 0.3) is 11.1 Å². The quantitative estimate of drug-likeness (QED) is 0.788. The first-order valence-corrected chi connectivity index (χ1v) is 9.11. The minimum atomic E-state index is -0.104. The Balaban J connectivity index is 1.59. The molecule has 0 saturated carbocycles. The number of hydrogen-bond acceptors (Lipinski definition) is 5. The number of nitrogens with zero attached hydrogens (tertiary/aromatic N) is 2. The van der Waals surface area contributed by atoms with Gasteiger partial charge in [0.25, 0.3) is 11.6 Å². The summed E-state index contributed by atoms with van der Waals surface area (Å²) in [4.78, 5) is 18.5. The number of hydrogen-bond donors (Lipinski definition) is 1. The lowest BCUT2D eigenvalue weighted by molar-refractivity contribution is 0.0952. The van der Waals surface area contributed by atoms with Crippen molar-refractivity contribution in [3.05, 3.63) is 44.4 Å². The maximum Gasteiger partial charge on any atom is 0.258 e. The molecule has 124 valence electrons. The molecule has 0 saturated heterocycles. The Hall–Kier alpha value is -2.21. The lowest BCUT2D eigenvalue weighted by Gasteiger charge is -2.13. The Kier molecular flexibility index (Phi) is 3.84. The van der Waals surface area contributed by atoms with E-state index in [4.69, 9.17) is 4.52 Å². The maximum atomic E-state index is 12.7. The van der Waals surface area contributed by atoms with E-state index >= 15 is 0 Å². The molecular weight excluding hydrogens is 322 g/mol. The molecule has 0 unspecified atom stereocenters. The Labute approximate surface area is 144 Å². The van der Waals surface area contributed by atoms with Gasteiger partial charge in [0, 0.05) is 17.1 Å². The Bertz CT molecular complexity index is 926. The van der Waals surface area contributed by atoms with Gasteiger partial charge in [-0.1, -0.05) is 5.16 Å². The molecule has 3 aromatic rings. The van der Waals surface area contributed by atoms with Gasteiger partial charge in [-0.15, -0.1) is 11.3 Å². The Morgan fingerprint density at radius 2 is 2.17 bits per heavy atom. The SMILES string of the molecule is Cc1cc(C(=O)NCc2csc3c2CCCC3)c2c(C)noc2n1. The van der Waals surface area contributed by atoms with Crippen LogP contribution in [0.4, 0.5) is 0 Å². The number of rotatable bonds is 3. The summed E-state index contributed by atoms with van der Waals surface area (Å²) in [7, 11) is 0. The molecule has 3 aromatic heterocycles. The van der Waals surface area contributed by atoms with Gasteiger partial charge in [0.15, 0.2) is 0 Å². The van der Waals surface area contributed by atoms with Crippen LogP contribution >= 0.6 is 11.3 Å². The summed E-state index contributed by atoms with van der Waals surface area (Å²) >= 11 is 1.82. The zero-order chi connectivity index (χ0) is 16.7. The fourth-order valence-corrected chi connectivity index (χ4v) is 4.52. The van der Waals surface area contributed by atoms with Crippen LogP contribution in [0.3, 0.4) is 0 Å². The standard InChI is InChI=1S/C18H19N3O2S/c1-10-7-14(16-11(2)21-23-18(16)20-10)17(22)19-8-12-9-24-15-6-4-3-5-13(12)15/h7,9H,3-6,8H2,1-2H3,(H,19,22). The van der Waals surface area contributed by atoms with Crippen LogP contribution in [0, 0.1) is 13.8 Å². The molecule has 0 aromatic carbocycles. The van der Waals surface area contributed by atoms with Crippen LogP contribution in [0.2, 0.25) is 0 Å². The van der Waals surface area contributed by atoms with E-state index in [0.717, 1.165) is 12.1 Å². The summed E-state index contributed by atoms with van der Waals surface area (Å²) in [6.45, 7) is 4.25. The maximum absolute atomic E-state index is 12.7. The van der Waals surface area contributed by atoms with Crippen LogP contribution in [-0.4, -0.2) is 16.0 Å². The van der Waals surface area contributed by atoms with Crippen molar-refractivity contribution in [1.29, 1.82) is 0 Å². The highest BCUT2D eigenvalue weighted by molar-refractivity contribution is 7.10. The van der Waals surface area contributed by atoms with Crippen molar-refractivity contribution in [3.8, 4) is 0 Å². The zero-order valence-corrected chi connectivity index (χ0v) is 14.6. The van der Waals surface area contributed by atoms with Gasteiger partial charge in [0.1, 0.15) is 0 Å². The molecule has 0 aliphatic heterocycles. The van der Waals surface area contributed by atoms with E-state index in [9.17, 15) is 4.79 Å². The molecule has 1 N–H and O–H groups in total. The van der Waals surface area contributed by atoms with Crippen LogP contribution in [0.15, 0.2) is 16.0 Å². The molecule has 1 aliphatic rings. The highest BCUT2D eigenvalue weighted by Crippen LogP contribution is 2.30. The molecule has 1 aliphatic carbocycles. The molecule has 3 heterocycles. The number of amides is 1. The van der Waals surface area contributed by atoms with Crippen LogP contribution in [-0.2, 0) is 19.4 Å². The fraction of sp³-hybridized carbons (Fsp3) is 0.389. The van der Waals surface area contributed by atoms with Gasteiger partial charge in [-0.2, -0.15) is 0 Å². The average molecular weight is 341 g/mol. The van der Waals surface area contributed by atoms with E-state index < -0.39 is 0 Å². The minimum absolute atomic E-state index is 0.104. The molecule has 4 rings (SSSR count). The highest BCUT2D eigenvalue weighted by Gasteiger charge is 2.19. The third-order valence-corrected chi connectivity index (χ3v) is 5.71. The van der Waals surface area contributed by atoms with E-state index in [1.807, 2.05) is 25.2 Å². The number of aromatic nitrogens is 2. The summed E-state index contributed by atoms with van der Waals surface area (Å²) in [6, 6.07) is 1.80. The van der Waals surface area contributed by atoms with E-state index in [2.05, 4.69) is 20.8 Å². The van der Waals surface area contributed by atoms with Gasteiger partial charge in [-0.25, -0.2) is 4.98 Å². The van der Waals surface area contributed by atoms with Crippen molar-refractivity contribution >= 4 is 28.3 Å². The predicted octanol–water partition coefficient (Wildman–Crippen LogP) is 3.71. The molecule has 1 amide bonds. The third-order valence-electron chi connectivity index (χ3n) is 4.58. The monoisotopic (exact) mass is 341 g/mol. The molecular formula is C18H19N3O2S. The van der Waals surface area contributed by atoms with Crippen molar-refractivity contribution in [2.24, 2.45) is 0 Å². The van der Waals surface area contributed by atoms with E-state index in [1.54, 1.807) is 6.07 Å². The number of carbonyl (C=O) groups excluding carboxylic acids is 1. The summed E-state index contributed by atoms with van der Waals surface area (Å²) in [6.07, 6.45) is 4.83. The van der Waals surface area contributed by atoms with E-state index in [1.165, 1.54) is 35.3 Å². The molecule has 0 fully saturated rings. The fourth-order valence-electron chi connectivity index (χ4n) is 3.38. The van der Waals surface area contributed by atoms with Crippen LogP contribution in [0.5, 0.6) is 0 Å². The Morgan fingerprint density at radius 1 is 1.33 bits per heavy atom. The second kappa shape index (κ2) is 6.02. The largest absolute Gasteiger partial charge is 0.348 e. The van der Waals surface area contributed by atoms with Gasteiger partial charge in [0.05, 0.1) is 16.6 Å². The minimum Gasteiger partial charge on any atom is -0.348 e. The van der Waals surface area contributed by atoms with Crippen molar-refractivity contribution in [3.63, 3.8) is 0 Å². The summed E-state index contributed by atoms with van der Waals surface area (Å²) in [5.74, 6) is -0.104. The molecule has 0 bridgehead atoms. The van der Waals surface area contributed by atoms with Gasteiger partial charge in [-0.05, 0) is 62.1 Å². The first-order chi connectivity index (χ1) is 11.6. The van der Waals surface area contributed by atoms with E-state index in [-0.39, 0.29) is 5.91 Å². The summed E-state index contributed by atoms with van der Waals surface area (Å²) in [5.41, 5.74) is 5.15. The number of thiophene rings is 1.